The average Bonchev–Trinajstić information content (AvgIpc) is 2.76. The summed E-state index contributed by atoms with van der Waals surface area (Å²) >= 11 is 0. The van der Waals surface area contributed by atoms with Gasteiger partial charge in [-0.25, -0.2) is 0 Å². The van der Waals surface area contributed by atoms with Gasteiger partial charge in [0.15, 0.2) is 0 Å². The molecule has 0 heterocycles. The Labute approximate surface area is 128 Å². The second-order valence-electron chi connectivity index (χ2n) is 9.04. The molecule has 4 aliphatic rings. The minimum Gasteiger partial charge on any atom is -0.393 e. The van der Waals surface area contributed by atoms with E-state index in [0.717, 1.165) is 43.4 Å². The third-order valence-electron chi connectivity index (χ3n) is 8.43. The molecular weight excluding hydrogens is 260 g/mol. The van der Waals surface area contributed by atoms with Gasteiger partial charge in [-0.3, -0.25) is 4.79 Å². The Hall–Kier alpha value is -0.370. The molecule has 2 heteroatoms. The highest BCUT2D eigenvalue weighted by molar-refractivity contribution is 5.79. The van der Waals surface area contributed by atoms with Crippen LogP contribution in [0.5, 0.6) is 0 Å². The normalized spacial score (nSPS) is 56.5. The summed E-state index contributed by atoms with van der Waals surface area (Å²) in [4.78, 5) is 11.9. The van der Waals surface area contributed by atoms with Crippen LogP contribution in [0, 0.1) is 34.5 Å². The molecule has 0 aromatic carbocycles. The predicted molar refractivity (Wildman–Crippen MR) is 82.7 cm³/mol. The molecule has 0 aromatic rings. The molecule has 0 amide bonds. The number of Topliss-reactive ketones (excluding diaryl/α,β-unsaturated/α-hetero) is 1. The summed E-state index contributed by atoms with van der Waals surface area (Å²) in [6, 6.07) is 0. The van der Waals surface area contributed by atoms with Crippen LogP contribution in [0.4, 0.5) is 0 Å². The van der Waals surface area contributed by atoms with Gasteiger partial charge in [-0.1, -0.05) is 13.8 Å². The molecule has 0 aromatic heterocycles. The summed E-state index contributed by atoms with van der Waals surface area (Å²) in [5, 5.41) is 10.5. The molecule has 4 fully saturated rings. The summed E-state index contributed by atoms with van der Waals surface area (Å²) in [6.07, 6.45) is 10.0. The molecular formula is C19H30O2. The largest absolute Gasteiger partial charge is 0.393 e. The van der Waals surface area contributed by atoms with Crippen LogP contribution in [0.1, 0.15) is 71.6 Å². The summed E-state index contributed by atoms with van der Waals surface area (Å²) < 4.78 is 0. The van der Waals surface area contributed by atoms with Crippen molar-refractivity contribution in [3.8, 4) is 0 Å². The lowest BCUT2D eigenvalue weighted by Gasteiger charge is -2.60. The van der Waals surface area contributed by atoms with Crippen molar-refractivity contribution in [1.29, 1.82) is 0 Å². The Kier molecular flexibility index (Phi) is 3.10. The topological polar surface area (TPSA) is 37.3 Å². The number of carbonyl (C=O) groups excluding carboxylic acids is 1. The van der Waals surface area contributed by atoms with Crippen LogP contribution in [0.25, 0.3) is 0 Å². The van der Waals surface area contributed by atoms with E-state index in [4.69, 9.17) is 0 Å². The van der Waals surface area contributed by atoms with Crippen LogP contribution >= 0.6 is 0 Å². The molecule has 2 nitrogen and oxygen atoms in total. The Morgan fingerprint density at radius 2 is 1.71 bits per heavy atom. The smallest absolute Gasteiger partial charge is 0.133 e. The van der Waals surface area contributed by atoms with E-state index in [9.17, 15) is 9.90 Å². The fourth-order valence-electron chi connectivity index (χ4n) is 7.02. The first-order valence-electron chi connectivity index (χ1n) is 9.15. The molecule has 1 N–H and O–H groups in total. The van der Waals surface area contributed by atoms with Crippen molar-refractivity contribution in [2.75, 3.05) is 0 Å². The Bertz CT molecular complexity index is 458. The van der Waals surface area contributed by atoms with Gasteiger partial charge in [0.25, 0.3) is 0 Å². The fraction of sp³-hybridized carbons (Fsp3) is 0.947. The van der Waals surface area contributed by atoms with Crippen LogP contribution in [0.2, 0.25) is 0 Å². The van der Waals surface area contributed by atoms with Gasteiger partial charge >= 0.3 is 0 Å². The van der Waals surface area contributed by atoms with Crippen molar-refractivity contribution < 1.29 is 9.90 Å². The van der Waals surface area contributed by atoms with Crippen molar-refractivity contribution in [2.45, 2.75) is 77.7 Å². The SMILES string of the molecule is C[C@]12CCC3C(CC[C@@H]4CC(=O)CC[C@]34C)C1CC[C@@H]2O. The van der Waals surface area contributed by atoms with Gasteiger partial charge in [-0.05, 0) is 79.4 Å². The van der Waals surface area contributed by atoms with E-state index in [0.29, 0.717) is 17.1 Å². The standard InChI is InChI=1S/C19H30O2/c1-18-9-7-13(20)11-12(18)3-4-14-15-5-6-17(21)19(15,2)10-8-16(14)18/h12,14-17,21H,3-11H2,1-2H3/t12-,14?,15?,16?,17+,18+,19+/m1/s1. The van der Waals surface area contributed by atoms with Crippen molar-refractivity contribution in [3.05, 3.63) is 0 Å². The van der Waals surface area contributed by atoms with Crippen LogP contribution in [-0.2, 0) is 4.79 Å². The summed E-state index contributed by atoms with van der Waals surface area (Å²) in [5.41, 5.74) is 0.598. The molecule has 4 aliphatic carbocycles. The Balaban J connectivity index is 1.64. The molecule has 0 bridgehead atoms. The van der Waals surface area contributed by atoms with Gasteiger partial charge in [0, 0.05) is 12.8 Å². The number of fused-ring (bicyclic) bond motifs is 5. The molecule has 0 saturated heterocycles. The predicted octanol–water partition coefficient (Wildman–Crippen LogP) is 3.96. The zero-order valence-electron chi connectivity index (χ0n) is 13.6. The molecule has 0 radical (unpaired) electrons. The molecule has 7 atom stereocenters. The zero-order chi connectivity index (χ0) is 14.8. The van der Waals surface area contributed by atoms with Crippen molar-refractivity contribution in [2.24, 2.45) is 34.5 Å². The van der Waals surface area contributed by atoms with E-state index in [1.165, 1.54) is 32.1 Å². The van der Waals surface area contributed by atoms with Crippen molar-refractivity contribution in [1.82, 2.24) is 0 Å². The lowest BCUT2D eigenvalue weighted by Crippen LogP contribution is -2.54. The number of ketones is 1. The summed E-state index contributed by atoms with van der Waals surface area (Å²) in [6.45, 7) is 4.85. The first kappa shape index (κ1) is 14.2. The number of carbonyl (C=O) groups is 1. The lowest BCUT2D eigenvalue weighted by molar-refractivity contribution is -0.141. The zero-order valence-corrected chi connectivity index (χ0v) is 13.6. The number of hydrogen-bond donors (Lipinski definition) is 1. The maximum Gasteiger partial charge on any atom is 0.133 e. The van der Waals surface area contributed by atoms with E-state index >= 15 is 0 Å². The van der Waals surface area contributed by atoms with E-state index in [1.54, 1.807) is 0 Å². The van der Waals surface area contributed by atoms with E-state index in [2.05, 4.69) is 13.8 Å². The highest BCUT2D eigenvalue weighted by Crippen LogP contribution is 2.65. The van der Waals surface area contributed by atoms with E-state index in [1.807, 2.05) is 0 Å². The fourth-order valence-corrected chi connectivity index (χ4v) is 7.02. The highest BCUT2D eigenvalue weighted by atomic mass is 16.3. The van der Waals surface area contributed by atoms with Gasteiger partial charge in [0.1, 0.15) is 5.78 Å². The monoisotopic (exact) mass is 290 g/mol. The van der Waals surface area contributed by atoms with Crippen LogP contribution in [0.3, 0.4) is 0 Å². The van der Waals surface area contributed by atoms with Gasteiger partial charge in [-0.2, -0.15) is 0 Å². The van der Waals surface area contributed by atoms with Gasteiger partial charge in [0.05, 0.1) is 6.10 Å². The Morgan fingerprint density at radius 1 is 0.952 bits per heavy atom. The van der Waals surface area contributed by atoms with Crippen molar-refractivity contribution >= 4 is 5.78 Å². The quantitative estimate of drug-likeness (QED) is 0.733. The molecule has 0 spiro atoms. The number of hydrogen-bond acceptors (Lipinski definition) is 2. The van der Waals surface area contributed by atoms with Crippen molar-refractivity contribution in [3.63, 3.8) is 0 Å². The molecule has 4 saturated carbocycles. The molecule has 3 unspecified atom stereocenters. The van der Waals surface area contributed by atoms with E-state index in [-0.39, 0.29) is 11.5 Å². The van der Waals surface area contributed by atoms with Gasteiger partial charge < -0.3 is 5.11 Å². The molecule has 118 valence electrons. The third kappa shape index (κ3) is 1.84. The Morgan fingerprint density at radius 3 is 2.52 bits per heavy atom. The van der Waals surface area contributed by atoms with Gasteiger partial charge in [-0.15, -0.1) is 0 Å². The first-order valence-corrected chi connectivity index (χ1v) is 9.15. The minimum absolute atomic E-state index is 0.0677. The second-order valence-corrected chi connectivity index (χ2v) is 9.04. The number of aliphatic hydroxyl groups is 1. The summed E-state index contributed by atoms with van der Waals surface area (Å²) in [5.74, 6) is 3.52. The second kappa shape index (κ2) is 4.57. The summed E-state index contributed by atoms with van der Waals surface area (Å²) in [7, 11) is 0. The van der Waals surface area contributed by atoms with Crippen LogP contribution in [-0.4, -0.2) is 17.0 Å². The first-order chi connectivity index (χ1) is 9.95. The third-order valence-corrected chi connectivity index (χ3v) is 8.43. The highest BCUT2D eigenvalue weighted by Gasteiger charge is 2.59. The lowest BCUT2D eigenvalue weighted by atomic mass is 9.45. The molecule has 4 rings (SSSR count). The van der Waals surface area contributed by atoms with Crippen LogP contribution in [0.15, 0.2) is 0 Å². The number of rotatable bonds is 0. The number of aliphatic hydroxyl groups excluding tert-OH is 1. The molecule has 21 heavy (non-hydrogen) atoms. The average molecular weight is 290 g/mol. The maximum absolute atomic E-state index is 11.9. The maximum atomic E-state index is 11.9. The minimum atomic E-state index is -0.0677. The van der Waals surface area contributed by atoms with E-state index < -0.39 is 0 Å². The van der Waals surface area contributed by atoms with Gasteiger partial charge in [0.2, 0.25) is 0 Å². The van der Waals surface area contributed by atoms with Crippen LogP contribution < -0.4 is 0 Å². The molecule has 0 aliphatic heterocycles.